The Kier molecular flexibility index (Phi) is 7.93. The molecule has 4 nitrogen and oxygen atoms in total. The minimum atomic E-state index is 0. The molecule has 1 aromatic heterocycles. The summed E-state index contributed by atoms with van der Waals surface area (Å²) in [5, 5.41) is 1.13. The summed E-state index contributed by atoms with van der Waals surface area (Å²) in [6, 6.07) is 8.19. The number of hydrogen-bond donors (Lipinski definition) is 1. The van der Waals surface area contributed by atoms with Gasteiger partial charge in [-0.05, 0) is 43.4 Å². The summed E-state index contributed by atoms with van der Waals surface area (Å²) in [5.74, 6) is 0.262. The van der Waals surface area contributed by atoms with Crippen LogP contribution in [0, 0.1) is 5.41 Å². The fourth-order valence-corrected chi connectivity index (χ4v) is 3.99. The summed E-state index contributed by atoms with van der Waals surface area (Å²) >= 11 is 1.73. The molecule has 1 aromatic carbocycles. The highest BCUT2D eigenvalue weighted by atomic mass is 35.5. The van der Waals surface area contributed by atoms with Gasteiger partial charge in [0.05, 0.1) is 15.2 Å². The van der Waals surface area contributed by atoms with Gasteiger partial charge in [-0.2, -0.15) is 0 Å². The molecule has 0 bridgehead atoms. The molecule has 1 aliphatic rings. The van der Waals surface area contributed by atoms with E-state index >= 15 is 0 Å². The number of carbonyl (C=O) groups is 1. The Balaban J connectivity index is 0.00000144. The molecule has 2 aromatic rings. The first-order valence-corrected chi connectivity index (χ1v) is 8.74. The second-order valence-corrected chi connectivity index (χ2v) is 7.62. The third-order valence-electron chi connectivity index (χ3n) is 4.52. The van der Waals surface area contributed by atoms with Gasteiger partial charge in [0.15, 0.2) is 0 Å². The molecule has 1 fully saturated rings. The number of para-hydroxylation sites is 1. The Bertz CT molecular complexity index is 646. The largest absolute Gasteiger partial charge is 0.342 e. The van der Waals surface area contributed by atoms with E-state index < -0.39 is 0 Å². The van der Waals surface area contributed by atoms with Crippen LogP contribution in [0.2, 0.25) is 0 Å². The van der Waals surface area contributed by atoms with Crippen LogP contribution in [-0.2, 0) is 11.2 Å². The van der Waals surface area contributed by atoms with Crippen molar-refractivity contribution in [1.29, 1.82) is 0 Å². The van der Waals surface area contributed by atoms with Crippen LogP contribution in [0.1, 0.15) is 31.2 Å². The van der Waals surface area contributed by atoms with E-state index in [2.05, 4.69) is 18.0 Å². The summed E-state index contributed by atoms with van der Waals surface area (Å²) in [5.41, 5.74) is 6.97. The van der Waals surface area contributed by atoms with E-state index in [-0.39, 0.29) is 36.1 Å². The number of aromatic nitrogens is 1. The predicted molar refractivity (Wildman–Crippen MR) is 105 cm³/mol. The highest BCUT2D eigenvalue weighted by Gasteiger charge is 2.34. The molecular weight excluding hydrogens is 365 g/mol. The number of amides is 1. The van der Waals surface area contributed by atoms with Crippen LogP contribution >= 0.6 is 36.2 Å². The molecule has 1 atom stereocenters. The first kappa shape index (κ1) is 21.2. The maximum absolute atomic E-state index is 12.3. The van der Waals surface area contributed by atoms with Gasteiger partial charge in [-0.1, -0.05) is 19.1 Å². The fourth-order valence-electron chi connectivity index (χ4n) is 2.98. The van der Waals surface area contributed by atoms with Gasteiger partial charge in [-0.25, -0.2) is 4.98 Å². The van der Waals surface area contributed by atoms with E-state index in [9.17, 15) is 4.79 Å². The SMILES string of the molecule is CC1(CN)CCN(C(=O)CCCc2nc3ccccc3s2)C1.Cl.Cl. The number of nitrogens with two attached hydrogens (primary N) is 1. The van der Waals surface area contributed by atoms with Crippen LogP contribution in [0.25, 0.3) is 10.2 Å². The summed E-state index contributed by atoms with van der Waals surface area (Å²) in [7, 11) is 0. The number of rotatable bonds is 5. The van der Waals surface area contributed by atoms with Gasteiger partial charge in [0.25, 0.3) is 0 Å². The van der Waals surface area contributed by atoms with E-state index in [1.54, 1.807) is 11.3 Å². The number of carbonyl (C=O) groups excluding carboxylic acids is 1. The molecule has 1 amide bonds. The first-order chi connectivity index (χ1) is 10.6. The summed E-state index contributed by atoms with van der Waals surface area (Å²) in [4.78, 5) is 18.9. The van der Waals surface area contributed by atoms with Crippen molar-refractivity contribution >= 4 is 52.3 Å². The van der Waals surface area contributed by atoms with Crippen LogP contribution in [-0.4, -0.2) is 35.4 Å². The van der Waals surface area contributed by atoms with Crippen molar-refractivity contribution < 1.29 is 4.79 Å². The van der Waals surface area contributed by atoms with Crippen LogP contribution in [0.15, 0.2) is 24.3 Å². The molecule has 2 N–H and O–H groups in total. The third-order valence-corrected chi connectivity index (χ3v) is 5.62. The van der Waals surface area contributed by atoms with E-state index in [4.69, 9.17) is 5.73 Å². The Hall–Kier alpha value is -0.880. The maximum Gasteiger partial charge on any atom is 0.222 e. The van der Waals surface area contributed by atoms with Gasteiger partial charge in [0, 0.05) is 19.5 Å². The number of hydrogen-bond acceptors (Lipinski definition) is 4. The number of fused-ring (bicyclic) bond motifs is 1. The number of nitrogens with zero attached hydrogens (tertiary/aromatic N) is 2. The van der Waals surface area contributed by atoms with Gasteiger partial charge in [-0.15, -0.1) is 36.2 Å². The Morgan fingerprint density at radius 1 is 1.38 bits per heavy atom. The van der Waals surface area contributed by atoms with Crippen LogP contribution < -0.4 is 5.73 Å². The zero-order valence-corrected chi connectivity index (χ0v) is 16.3. The molecule has 3 rings (SSSR count). The van der Waals surface area contributed by atoms with Gasteiger partial charge >= 0.3 is 0 Å². The van der Waals surface area contributed by atoms with Crippen LogP contribution in [0.5, 0.6) is 0 Å². The van der Waals surface area contributed by atoms with Crippen molar-refractivity contribution in [1.82, 2.24) is 9.88 Å². The van der Waals surface area contributed by atoms with Crippen LogP contribution in [0.3, 0.4) is 0 Å². The smallest absolute Gasteiger partial charge is 0.222 e. The monoisotopic (exact) mass is 389 g/mol. The molecule has 0 radical (unpaired) electrons. The van der Waals surface area contributed by atoms with Crippen molar-refractivity contribution in [3.05, 3.63) is 29.3 Å². The number of halogens is 2. The van der Waals surface area contributed by atoms with Gasteiger partial charge in [0.2, 0.25) is 5.91 Å². The second kappa shape index (κ2) is 8.99. The molecule has 2 heterocycles. The van der Waals surface area contributed by atoms with Crippen molar-refractivity contribution in [2.45, 2.75) is 32.6 Å². The number of aryl methyl sites for hydroxylation is 1. The molecule has 0 saturated carbocycles. The summed E-state index contributed by atoms with van der Waals surface area (Å²) in [6.07, 6.45) is 3.38. The topological polar surface area (TPSA) is 59.2 Å². The van der Waals surface area contributed by atoms with Crippen molar-refractivity contribution in [2.24, 2.45) is 11.1 Å². The van der Waals surface area contributed by atoms with E-state index in [0.29, 0.717) is 13.0 Å². The van der Waals surface area contributed by atoms with E-state index in [0.717, 1.165) is 42.9 Å². The quantitative estimate of drug-likeness (QED) is 0.848. The number of likely N-dealkylation sites (tertiary alicyclic amines) is 1. The van der Waals surface area contributed by atoms with E-state index in [1.165, 1.54) is 4.70 Å². The third kappa shape index (κ3) is 4.82. The molecule has 134 valence electrons. The second-order valence-electron chi connectivity index (χ2n) is 6.51. The highest BCUT2D eigenvalue weighted by Crippen LogP contribution is 2.29. The molecule has 1 unspecified atom stereocenters. The normalized spacial score (nSPS) is 19.8. The minimum Gasteiger partial charge on any atom is -0.342 e. The lowest BCUT2D eigenvalue weighted by Gasteiger charge is -2.22. The van der Waals surface area contributed by atoms with Crippen molar-refractivity contribution in [2.75, 3.05) is 19.6 Å². The Morgan fingerprint density at radius 2 is 2.12 bits per heavy atom. The fraction of sp³-hybridized carbons (Fsp3) is 0.529. The zero-order chi connectivity index (χ0) is 15.6. The Morgan fingerprint density at radius 3 is 2.79 bits per heavy atom. The summed E-state index contributed by atoms with van der Waals surface area (Å²) in [6.45, 7) is 4.49. The molecule has 0 spiro atoms. The van der Waals surface area contributed by atoms with Gasteiger partial charge in [0.1, 0.15) is 0 Å². The predicted octanol–water partition coefficient (Wildman–Crippen LogP) is 3.66. The highest BCUT2D eigenvalue weighted by molar-refractivity contribution is 7.18. The minimum absolute atomic E-state index is 0. The maximum atomic E-state index is 12.3. The lowest BCUT2D eigenvalue weighted by atomic mass is 9.90. The van der Waals surface area contributed by atoms with E-state index in [1.807, 2.05) is 23.1 Å². The van der Waals surface area contributed by atoms with Gasteiger partial charge in [-0.3, -0.25) is 4.79 Å². The first-order valence-electron chi connectivity index (χ1n) is 7.92. The number of thiazole rings is 1. The Labute approximate surface area is 159 Å². The lowest BCUT2D eigenvalue weighted by Crippen LogP contribution is -2.34. The van der Waals surface area contributed by atoms with Gasteiger partial charge < -0.3 is 10.6 Å². The standard InChI is InChI=1S/C17H23N3OS.2ClH/c1-17(11-18)9-10-20(12-17)16(21)8-4-7-15-19-13-5-2-3-6-14(13)22-15;;/h2-3,5-6H,4,7-12,18H2,1H3;2*1H. The molecule has 1 saturated heterocycles. The average Bonchev–Trinajstić information content (AvgIpc) is 3.11. The molecule has 0 aliphatic carbocycles. The molecule has 1 aliphatic heterocycles. The van der Waals surface area contributed by atoms with Crippen molar-refractivity contribution in [3.63, 3.8) is 0 Å². The lowest BCUT2D eigenvalue weighted by molar-refractivity contribution is -0.130. The average molecular weight is 390 g/mol. The van der Waals surface area contributed by atoms with Crippen LogP contribution in [0.4, 0.5) is 0 Å². The summed E-state index contributed by atoms with van der Waals surface area (Å²) < 4.78 is 1.22. The number of benzene rings is 1. The van der Waals surface area contributed by atoms with Crippen molar-refractivity contribution in [3.8, 4) is 0 Å². The molecular formula is C17H25Cl2N3OS. The zero-order valence-electron chi connectivity index (χ0n) is 13.9. The molecule has 7 heteroatoms. The molecule has 24 heavy (non-hydrogen) atoms.